The van der Waals surface area contributed by atoms with Gasteiger partial charge in [-0.25, -0.2) is 0 Å². The van der Waals surface area contributed by atoms with E-state index in [0.717, 1.165) is 45.4 Å². The Morgan fingerprint density at radius 3 is 2.62 bits per heavy atom. The Hall–Kier alpha value is -2.60. The maximum absolute atomic E-state index is 12.4. The average molecular weight is 397 g/mol. The van der Waals surface area contributed by atoms with Crippen LogP contribution in [0.5, 0.6) is 5.75 Å². The minimum absolute atomic E-state index is 0.0631. The summed E-state index contributed by atoms with van der Waals surface area (Å²) in [6.07, 6.45) is 6.79. The number of hydrogen-bond acceptors (Lipinski definition) is 4. The molecule has 6 nitrogen and oxygen atoms in total. The van der Waals surface area contributed by atoms with Gasteiger partial charge < -0.3 is 19.0 Å². The highest BCUT2D eigenvalue weighted by Gasteiger charge is 2.21. The summed E-state index contributed by atoms with van der Waals surface area (Å²) in [5.74, 6) is 0.693. The van der Waals surface area contributed by atoms with Crippen molar-refractivity contribution in [3.8, 4) is 5.75 Å². The van der Waals surface area contributed by atoms with Crippen LogP contribution in [0.2, 0.25) is 0 Å². The lowest BCUT2D eigenvalue weighted by Crippen LogP contribution is -3.10. The molecule has 3 heterocycles. The van der Waals surface area contributed by atoms with Gasteiger partial charge in [0, 0.05) is 31.1 Å². The first-order valence-corrected chi connectivity index (χ1v) is 10.6. The minimum atomic E-state index is -0.230. The highest BCUT2D eigenvalue weighted by atomic mass is 16.5. The summed E-state index contributed by atoms with van der Waals surface area (Å²) in [5.41, 5.74) is 2.55. The van der Waals surface area contributed by atoms with Crippen LogP contribution in [0.25, 0.3) is 0 Å². The molecule has 1 saturated heterocycles. The maximum Gasteiger partial charge on any atom is 0.260 e. The van der Waals surface area contributed by atoms with Crippen LogP contribution in [0.15, 0.2) is 45.8 Å². The monoisotopic (exact) mass is 397 g/mol. The van der Waals surface area contributed by atoms with Gasteiger partial charge in [-0.1, -0.05) is 37.1 Å². The average Bonchev–Trinajstić information content (AvgIpc) is 3.02. The van der Waals surface area contributed by atoms with E-state index in [0.29, 0.717) is 12.3 Å². The normalized spacial score (nSPS) is 19.3. The number of nitrogens with one attached hydrogen (secondary N) is 1. The van der Waals surface area contributed by atoms with Crippen LogP contribution in [-0.2, 0) is 24.3 Å². The lowest BCUT2D eigenvalue weighted by Gasteiger charge is -2.25. The first-order chi connectivity index (χ1) is 14.2. The number of quaternary nitrogens is 1. The molecule has 4 rings (SSSR count). The van der Waals surface area contributed by atoms with Gasteiger partial charge in [-0.2, -0.15) is 0 Å². The summed E-state index contributed by atoms with van der Waals surface area (Å²) < 4.78 is 11.1. The fourth-order valence-electron chi connectivity index (χ4n) is 4.23. The van der Waals surface area contributed by atoms with Crippen molar-refractivity contribution in [1.29, 1.82) is 0 Å². The molecule has 154 valence electrons. The van der Waals surface area contributed by atoms with Gasteiger partial charge in [0.25, 0.3) is 5.91 Å². The van der Waals surface area contributed by atoms with Gasteiger partial charge >= 0.3 is 0 Å². The lowest BCUT2D eigenvalue weighted by atomic mass is 10.00. The second kappa shape index (κ2) is 9.27. The van der Waals surface area contributed by atoms with Gasteiger partial charge in [-0.05, 0) is 18.4 Å². The minimum Gasteiger partial charge on any atom is -0.477 e. The molecule has 0 aliphatic carbocycles. The van der Waals surface area contributed by atoms with Crippen molar-refractivity contribution in [2.45, 2.75) is 45.2 Å². The largest absolute Gasteiger partial charge is 0.477 e. The molecular weight excluding hydrogens is 368 g/mol. The van der Waals surface area contributed by atoms with Crippen LogP contribution in [0.1, 0.15) is 42.6 Å². The zero-order valence-corrected chi connectivity index (χ0v) is 16.8. The third-order valence-corrected chi connectivity index (χ3v) is 5.89. The Bertz CT molecular complexity index is 900. The molecule has 2 aliphatic rings. The molecule has 6 heteroatoms. The number of benzene rings is 1. The SMILES string of the molecule is O=C(COc1coc(C[NH+]2CCc3ccccc3C2)cc1=O)N1CCCCCC1. The molecule has 1 amide bonds. The third kappa shape index (κ3) is 5.07. The van der Waals surface area contributed by atoms with Crippen LogP contribution in [0, 0.1) is 0 Å². The number of carbonyl (C=O) groups is 1. The summed E-state index contributed by atoms with van der Waals surface area (Å²) in [7, 11) is 0. The van der Waals surface area contributed by atoms with Crippen molar-refractivity contribution in [2.24, 2.45) is 0 Å². The number of carbonyl (C=O) groups excluding carboxylic acids is 1. The number of fused-ring (bicyclic) bond motifs is 1. The summed E-state index contributed by atoms with van der Waals surface area (Å²) in [5, 5.41) is 0. The van der Waals surface area contributed by atoms with Crippen LogP contribution in [0.4, 0.5) is 0 Å². The zero-order chi connectivity index (χ0) is 20.1. The van der Waals surface area contributed by atoms with Gasteiger partial charge in [-0.15, -0.1) is 0 Å². The molecule has 0 saturated carbocycles. The van der Waals surface area contributed by atoms with E-state index < -0.39 is 0 Å². The number of amides is 1. The Morgan fingerprint density at radius 2 is 1.86 bits per heavy atom. The predicted octanol–water partition coefficient (Wildman–Crippen LogP) is 1.56. The molecule has 1 fully saturated rings. The highest BCUT2D eigenvalue weighted by molar-refractivity contribution is 5.77. The first kappa shape index (κ1) is 19.7. The molecule has 2 aliphatic heterocycles. The fourth-order valence-corrected chi connectivity index (χ4v) is 4.23. The molecule has 29 heavy (non-hydrogen) atoms. The van der Waals surface area contributed by atoms with Crippen LogP contribution in [-0.4, -0.2) is 37.0 Å². The quantitative estimate of drug-likeness (QED) is 0.832. The molecule has 1 N–H and O–H groups in total. The Kier molecular flexibility index (Phi) is 6.30. The molecule has 0 radical (unpaired) electrons. The summed E-state index contributed by atoms with van der Waals surface area (Å²) in [6.45, 7) is 4.05. The summed E-state index contributed by atoms with van der Waals surface area (Å²) in [6, 6.07) is 10.0. The Balaban J connectivity index is 1.32. The molecular formula is C23H29N2O4+. The second-order valence-corrected chi connectivity index (χ2v) is 8.03. The Labute approximate surface area is 171 Å². The van der Waals surface area contributed by atoms with E-state index in [-0.39, 0.29) is 23.7 Å². The summed E-state index contributed by atoms with van der Waals surface area (Å²) >= 11 is 0. The van der Waals surface area contributed by atoms with Gasteiger partial charge in [0.2, 0.25) is 11.2 Å². The smallest absolute Gasteiger partial charge is 0.260 e. The van der Waals surface area contributed by atoms with Crippen molar-refractivity contribution in [3.05, 3.63) is 63.7 Å². The van der Waals surface area contributed by atoms with Gasteiger partial charge in [0.1, 0.15) is 19.4 Å². The molecule has 1 unspecified atom stereocenters. The van der Waals surface area contributed by atoms with Gasteiger partial charge in [0.05, 0.1) is 6.54 Å². The van der Waals surface area contributed by atoms with E-state index in [2.05, 4.69) is 24.3 Å². The molecule has 2 aromatic rings. The first-order valence-electron chi connectivity index (χ1n) is 10.6. The molecule has 0 spiro atoms. The fraction of sp³-hybridized carbons (Fsp3) is 0.478. The van der Waals surface area contributed by atoms with Crippen LogP contribution < -0.4 is 15.1 Å². The number of rotatable bonds is 5. The van der Waals surface area contributed by atoms with E-state index in [4.69, 9.17) is 9.15 Å². The number of hydrogen-bond donors (Lipinski definition) is 1. The zero-order valence-electron chi connectivity index (χ0n) is 16.8. The highest BCUT2D eigenvalue weighted by Crippen LogP contribution is 2.12. The van der Waals surface area contributed by atoms with Crippen molar-refractivity contribution in [3.63, 3.8) is 0 Å². The van der Waals surface area contributed by atoms with Crippen LogP contribution >= 0.6 is 0 Å². The predicted molar refractivity (Wildman–Crippen MR) is 109 cm³/mol. The third-order valence-electron chi connectivity index (χ3n) is 5.89. The van der Waals surface area contributed by atoms with E-state index in [1.807, 2.05) is 4.90 Å². The summed E-state index contributed by atoms with van der Waals surface area (Å²) in [4.78, 5) is 27.9. The second-order valence-electron chi connectivity index (χ2n) is 8.03. The Morgan fingerprint density at radius 1 is 1.10 bits per heavy atom. The van der Waals surface area contributed by atoms with Crippen molar-refractivity contribution >= 4 is 5.91 Å². The standard InChI is InChI=1S/C23H28N2O4/c26-21-13-20(15-24-12-9-18-7-3-4-8-19(18)14-24)28-16-22(21)29-17-23(27)25-10-5-1-2-6-11-25/h3-4,7-8,13,16H,1-2,5-6,9-12,14-15,17H2/p+1. The molecule has 0 bridgehead atoms. The number of nitrogens with zero attached hydrogens (tertiary/aromatic N) is 1. The van der Waals surface area contributed by atoms with Crippen molar-refractivity contribution in [1.82, 2.24) is 4.90 Å². The van der Waals surface area contributed by atoms with E-state index in [1.54, 1.807) is 0 Å². The van der Waals surface area contributed by atoms with E-state index in [9.17, 15) is 9.59 Å². The molecule has 1 atom stereocenters. The number of ether oxygens (including phenoxy) is 1. The maximum atomic E-state index is 12.4. The number of likely N-dealkylation sites (tertiary alicyclic amines) is 1. The van der Waals surface area contributed by atoms with Crippen molar-refractivity contribution < 1.29 is 18.8 Å². The molecule has 1 aromatic heterocycles. The van der Waals surface area contributed by atoms with Crippen LogP contribution in [0.3, 0.4) is 0 Å². The van der Waals surface area contributed by atoms with E-state index in [1.165, 1.54) is 41.2 Å². The lowest BCUT2D eigenvalue weighted by molar-refractivity contribution is -0.930. The van der Waals surface area contributed by atoms with E-state index >= 15 is 0 Å². The topological polar surface area (TPSA) is 64.2 Å². The molecule has 1 aromatic carbocycles. The van der Waals surface area contributed by atoms with Gasteiger partial charge in [-0.3, -0.25) is 9.59 Å². The van der Waals surface area contributed by atoms with Gasteiger partial charge in [0.15, 0.2) is 12.4 Å². The van der Waals surface area contributed by atoms with Crippen molar-refractivity contribution in [2.75, 3.05) is 26.2 Å².